The maximum atomic E-state index is 11.5. The molecule has 1 aromatic rings. The van der Waals surface area contributed by atoms with Crippen LogP contribution in [0.1, 0.15) is 24.8 Å². The maximum absolute atomic E-state index is 11.5. The predicted molar refractivity (Wildman–Crippen MR) is 92.4 cm³/mol. The first kappa shape index (κ1) is 17.5. The van der Waals surface area contributed by atoms with Crippen molar-refractivity contribution in [3.05, 3.63) is 29.0 Å². The number of piperidine rings is 1. The lowest BCUT2D eigenvalue weighted by molar-refractivity contribution is -0.121. The molecule has 1 amide bonds. The van der Waals surface area contributed by atoms with E-state index in [1.54, 1.807) is 26.4 Å². The quantitative estimate of drug-likeness (QED) is 0.498. The van der Waals surface area contributed by atoms with Crippen LogP contribution in [0.2, 0.25) is 5.15 Å². The highest BCUT2D eigenvalue weighted by Gasteiger charge is 2.22. The van der Waals surface area contributed by atoms with Gasteiger partial charge in [-0.1, -0.05) is 17.7 Å². The number of hydrogen-bond acceptors (Lipinski definition) is 3. The van der Waals surface area contributed by atoms with Crippen molar-refractivity contribution in [3.8, 4) is 0 Å². The van der Waals surface area contributed by atoms with Gasteiger partial charge in [0.1, 0.15) is 5.15 Å². The Labute approximate surface area is 142 Å². The molecule has 0 aliphatic carbocycles. The fraction of sp³-hybridized carbons (Fsp3) is 0.562. The molecule has 0 atom stereocenters. The van der Waals surface area contributed by atoms with Gasteiger partial charge in [0.15, 0.2) is 5.96 Å². The Morgan fingerprint density at radius 1 is 1.43 bits per heavy atom. The van der Waals surface area contributed by atoms with E-state index in [4.69, 9.17) is 11.6 Å². The smallest absolute Gasteiger partial charge is 0.220 e. The lowest BCUT2D eigenvalue weighted by Gasteiger charge is -2.34. The third-order valence-electron chi connectivity index (χ3n) is 4.12. The summed E-state index contributed by atoms with van der Waals surface area (Å²) in [5.74, 6) is 1.48. The summed E-state index contributed by atoms with van der Waals surface area (Å²) in [6.07, 6.45) is 4.40. The van der Waals surface area contributed by atoms with Gasteiger partial charge in [-0.05, 0) is 30.4 Å². The van der Waals surface area contributed by atoms with Crippen LogP contribution in [0.15, 0.2) is 23.3 Å². The third-order valence-corrected chi connectivity index (χ3v) is 4.34. The summed E-state index contributed by atoms with van der Waals surface area (Å²) in [6.45, 7) is 2.50. The summed E-state index contributed by atoms with van der Waals surface area (Å²) in [5.41, 5.74) is 1.06. The second-order valence-corrected chi connectivity index (χ2v) is 6.08. The van der Waals surface area contributed by atoms with Crippen molar-refractivity contribution in [2.75, 3.05) is 27.2 Å². The maximum Gasteiger partial charge on any atom is 0.220 e. The van der Waals surface area contributed by atoms with Crippen LogP contribution in [0.5, 0.6) is 0 Å². The van der Waals surface area contributed by atoms with Crippen LogP contribution in [0, 0.1) is 5.92 Å². The van der Waals surface area contributed by atoms with E-state index in [1.807, 2.05) is 6.07 Å². The number of rotatable bonds is 4. The SMILES string of the molecule is CN=C(NCc1ccc(Cl)nc1)N1CCC(CC(=O)NC)CC1. The highest BCUT2D eigenvalue weighted by atomic mass is 35.5. The highest BCUT2D eigenvalue weighted by molar-refractivity contribution is 6.29. The Morgan fingerprint density at radius 2 is 2.17 bits per heavy atom. The number of pyridine rings is 1. The van der Waals surface area contributed by atoms with Crippen LogP contribution < -0.4 is 10.6 Å². The normalized spacial score (nSPS) is 16.3. The van der Waals surface area contributed by atoms with E-state index in [0.29, 0.717) is 24.0 Å². The van der Waals surface area contributed by atoms with Crippen LogP contribution in [-0.2, 0) is 11.3 Å². The van der Waals surface area contributed by atoms with Crippen molar-refractivity contribution in [2.24, 2.45) is 10.9 Å². The number of aliphatic imine (C=N–C) groups is 1. The molecule has 0 saturated carbocycles. The van der Waals surface area contributed by atoms with Gasteiger partial charge in [0, 0.05) is 46.3 Å². The molecule has 1 fully saturated rings. The van der Waals surface area contributed by atoms with Gasteiger partial charge in [0.25, 0.3) is 0 Å². The molecular formula is C16H24ClN5O. The van der Waals surface area contributed by atoms with E-state index in [-0.39, 0.29) is 5.91 Å². The van der Waals surface area contributed by atoms with Crippen LogP contribution in [0.4, 0.5) is 0 Å². The van der Waals surface area contributed by atoms with E-state index in [2.05, 4.69) is 25.5 Å². The number of amides is 1. The Morgan fingerprint density at radius 3 is 2.74 bits per heavy atom. The molecule has 0 spiro atoms. The summed E-state index contributed by atoms with van der Waals surface area (Å²) in [6, 6.07) is 3.73. The van der Waals surface area contributed by atoms with Gasteiger partial charge in [-0.2, -0.15) is 0 Å². The Balaban J connectivity index is 1.81. The first-order valence-electron chi connectivity index (χ1n) is 7.89. The minimum atomic E-state index is 0.126. The second kappa shape index (κ2) is 8.72. The van der Waals surface area contributed by atoms with Gasteiger partial charge in [0.2, 0.25) is 5.91 Å². The summed E-state index contributed by atoms with van der Waals surface area (Å²) in [7, 11) is 3.48. The summed E-state index contributed by atoms with van der Waals surface area (Å²) < 4.78 is 0. The fourth-order valence-electron chi connectivity index (χ4n) is 2.74. The predicted octanol–water partition coefficient (Wildman–Crippen LogP) is 1.66. The molecule has 1 aromatic heterocycles. The first-order chi connectivity index (χ1) is 11.1. The van der Waals surface area contributed by atoms with Gasteiger partial charge in [-0.25, -0.2) is 4.98 Å². The monoisotopic (exact) mass is 337 g/mol. The molecule has 2 rings (SSSR count). The van der Waals surface area contributed by atoms with Crippen molar-refractivity contribution in [1.29, 1.82) is 0 Å². The van der Waals surface area contributed by atoms with Crippen molar-refractivity contribution in [2.45, 2.75) is 25.8 Å². The number of halogens is 1. The zero-order chi connectivity index (χ0) is 16.7. The van der Waals surface area contributed by atoms with Gasteiger partial charge >= 0.3 is 0 Å². The molecule has 126 valence electrons. The number of guanidine groups is 1. The van der Waals surface area contributed by atoms with Crippen LogP contribution in [0.25, 0.3) is 0 Å². The average molecular weight is 338 g/mol. The average Bonchev–Trinajstić information content (AvgIpc) is 2.58. The zero-order valence-electron chi connectivity index (χ0n) is 13.7. The summed E-state index contributed by atoms with van der Waals surface area (Å²) in [5, 5.41) is 6.55. The lowest BCUT2D eigenvalue weighted by atomic mass is 9.93. The number of nitrogens with zero attached hydrogens (tertiary/aromatic N) is 3. The van der Waals surface area contributed by atoms with E-state index < -0.39 is 0 Å². The zero-order valence-corrected chi connectivity index (χ0v) is 14.4. The summed E-state index contributed by atoms with van der Waals surface area (Å²) >= 11 is 5.79. The van der Waals surface area contributed by atoms with Crippen LogP contribution in [0.3, 0.4) is 0 Å². The number of likely N-dealkylation sites (tertiary alicyclic amines) is 1. The Bertz CT molecular complexity index is 538. The Kier molecular flexibility index (Phi) is 6.65. The molecule has 0 bridgehead atoms. The molecular weight excluding hydrogens is 314 g/mol. The molecule has 0 unspecified atom stereocenters. The standard InChI is InChI=1S/C16H24ClN5O/c1-18-15(23)9-12-5-7-22(8-6-12)16(19-2)21-11-13-3-4-14(17)20-10-13/h3-4,10,12H,5-9,11H2,1-2H3,(H,18,23)(H,19,21). The first-order valence-corrected chi connectivity index (χ1v) is 8.26. The van der Waals surface area contributed by atoms with Gasteiger partial charge < -0.3 is 15.5 Å². The molecule has 6 nitrogen and oxygen atoms in total. The Hall–Kier alpha value is -1.82. The minimum Gasteiger partial charge on any atom is -0.359 e. The summed E-state index contributed by atoms with van der Waals surface area (Å²) in [4.78, 5) is 22.1. The van der Waals surface area contributed by atoms with Gasteiger partial charge in [-0.15, -0.1) is 0 Å². The number of nitrogens with one attached hydrogen (secondary N) is 2. The van der Waals surface area contributed by atoms with Gasteiger partial charge in [0.05, 0.1) is 0 Å². The molecule has 0 radical (unpaired) electrons. The number of carbonyl (C=O) groups excluding carboxylic acids is 1. The van der Waals surface area contributed by atoms with Crippen molar-refractivity contribution in [1.82, 2.24) is 20.5 Å². The van der Waals surface area contributed by atoms with Gasteiger partial charge in [-0.3, -0.25) is 9.79 Å². The van der Waals surface area contributed by atoms with Crippen LogP contribution in [-0.4, -0.2) is 48.9 Å². The van der Waals surface area contributed by atoms with E-state index in [0.717, 1.165) is 37.5 Å². The van der Waals surface area contributed by atoms with Crippen molar-refractivity contribution in [3.63, 3.8) is 0 Å². The third kappa shape index (κ3) is 5.39. The molecule has 2 heterocycles. The molecule has 0 aromatic carbocycles. The highest BCUT2D eigenvalue weighted by Crippen LogP contribution is 2.20. The topological polar surface area (TPSA) is 69.6 Å². The fourth-order valence-corrected chi connectivity index (χ4v) is 2.85. The van der Waals surface area contributed by atoms with E-state index >= 15 is 0 Å². The largest absolute Gasteiger partial charge is 0.359 e. The van der Waals surface area contributed by atoms with E-state index in [9.17, 15) is 4.79 Å². The molecule has 7 heteroatoms. The molecule has 1 aliphatic heterocycles. The number of hydrogen-bond donors (Lipinski definition) is 2. The molecule has 23 heavy (non-hydrogen) atoms. The van der Waals surface area contributed by atoms with Crippen molar-refractivity contribution < 1.29 is 4.79 Å². The molecule has 1 aliphatic rings. The molecule has 2 N–H and O–H groups in total. The van der Waals surface area contributed by atoms with Crippen LogP contribution >= 0.6 is 11.6 Å². The second-order valence-electron chi connectivity index (χ2n) is 5.70. The molecule has 1 saturated heterocycles. The van der Waals surface area contributed by atoms with Crippen molar-refractivity contribution >= 4 is 23.5 Å². The number of carbonyl (C=O) groups is 1. The lowest BCUT2D eigenvalue weighted by Crippen LogP contribution is -2.45. The van der Waals surface area contributed by atoms with E-state index in [1.165, 1.54) is 0 Å². The minimum absolute atomic E-state index is 0.126. The number of aromatic nitrogens is 1.